The molecule has 1 aliphatic heterocycles. The van der Waals surface area contributed by atoms with Crippen molar-refractivity contribution in [2.75, 3.05) is 18.9 Å². The Morgan fingerprint density at radius 2 is 2.00 bits per heavy atom. The number of hydrogen-bond donors (Lipinski definition) is 2. The van der Waals surface area contributed by atoms with E-state index in [0.29, 0.717) is 24.4 Å². The maximum atomic E-state index is 10.9. The molecule has 0 aliphatic carbocycles. The minimum Gasteiger partial charge on any atom is -0.382 e. The molecule has 1 aromatic rings. The molecule has 4 heteroatoms. The second kappa shape index (κ2) is 6.27. The quantitative estimate of drug-likeness (QED) is 0.881. The van der Waals surface area contributed by atoms with Crippen molar-refractivity contribution in [3.05, 3.63) is 29.8 Å². The highest BCUT2D eigenvalue weighted by atomic mass is 16.1. The zero-order valence-corrected chi connectivity index (χ0v) is 12.6. The largest absolute Gasteiger partial charge is 0.382 e. The topological polar surface area (TPSA) is 58.4 Å². The van der Waals surface area contributed by atoms with Crippen LogP contribution in [0.1, 0.15) is 25.8 Å². The molecule has 0 saturated carbocycles. The molecule has 0 spiro atoms. The highest BCUT2D eigenvalue weighted by molar-refractivity contribution is 5.76. The molecule has 1 heterocycles. The third-order valence-electron chi connectivity index (χ3n) is 4.29. The molecule has 1 aromatic carbocycles. The van der Waals surface area contributed by atoms with Gasteiger partial charge in [0.25, 0.3) is 0 Å². The van der Waals surface area contributed by atoms with Gasteiger partial charge in [-0.25, -0.2) is 0 Å². The number of piperidine rings is 1. The lowest BCUT2D eigenvalue weighted by Gasteiger charge is -2.40. The maximum Gasteiger partial charge on any atom is 0.221 e. The summed E-state index contributed by atoms with van der Waals surface area (Å²) in [5.74, 6) is 0.338. The Hall–Kier alpha value is -1.55. The molecular formula is C16H25N3O. The van der Waals surface area contributed by atoms with Crippen LogP contribution >= 0.6 is 0 Å². The number of amides is 1. The van der Waals surface area contributed by atoms with Crippen LogP contribution in [-0.4, -0.2) is 36.5 Å². The van der Waals surface area contributed by atoms with Gasteiger partial charge in [0.2, 0.25) is 5.91 Å². The number of rotatable bonds is 4. The summed E-state index contributed by atoms with van der Waals surface area (Å²) in [4.78, 5) is 13.3. The van der Waals surface area contributed by atoms with Crippen LogP contribution in [0.15, 0.2) is 24.3 Å². The first-order valence-corrected chi connectivity index (χ1v) is 7.29. The van der Waals surface area contributed by atoms with Gasteiger partial charge in [0.05, 0.1) is 6.42 Å². The number of anilines is 1. The number of hydrogen-bond acceptors (Lipinski definition) is 3. The molecule has 4 nitrogen and oxygen atoms in total. The third kappa shape index (κ3) is 3.73. The van der Waals surface area contributed by atoms with Gasteiger partial charge >= 0.3 is 0 Å². The zero-order chi connectivity index (χ0) is 14.7. The smallest absolute Gasteiger partial charge is 0.221 e. The first-order valence-electron chi connectivity index (χ1n) is 7.29. The average Bonchev–Trinajstić information content (AvgIpc) is 2.37. The van der Waals surface area contributed by atoms with Crippen molar-refractivity contribution in [3.63, 3.8) is 0 Å². The number of carbonyl (C=O) groups is 1. The van der Waals surface area contributed by atoms with E-state index in [1.807, 2.05) is 24.3 Å². The molecular weight excluding hydrogens is 250 g/mol. The summed E-state index contributed by atoms with van der Waals surface area (Å²) in [7, 11) is 2.19. The average molecular weight is 275 g/mol. The van der Waals surface area contributed by atoms with Crippen molar-refractivity contribution in [2.45, 2.75) is 38.8 Å². The van der Waals surface area contributed by atoms with E-state index in [1.54, 1.807) is 0 Å². The molecule has 20 heavy (non-hydrogen) atoms. The Kier molecular flexibility index (Phi) is 4.65. The zero-order valence-electron chi connectivity index (χ0n) is 12.6. The van der Waals surface area contributed by atoms with E-state index in [9.17, 15) is 4.79 Å². The minimum atomic E-state index is -0.288. The van der Waals surface area contributed by atoms with Crippen molar-refractivity contribution in [1.29, 1.82) is 0 Å². The Morgan fingerprint density at radius 3 is 2.60 bits per heavy atom. The number of benzene rings is 1. The van der Waals surface area contributed by atoms with Gasteiger partial charge in [-0.05, 0) is 44.0 Å². The Bertz CT molecular complexity index is 457. The summed E-state index contributed by atoms with van der Waals surface area (Å²) in [6.07, 6.45) is 1.46. The molecule has 1 saturated heterocycles. The van der Waals surface area contributed by atoms with Crippen LogP contribution in [0.4, 0.5) is 5.69 Å². The second-order valence-corrected chi connectivity index (χ2v) is 6.09. The number of primary amides is 1. The maximum absolute atomic E-state index is 10.9. The second-order valence-electron chi connectivity index (χ2n) is 6.09. The van der Waals surface area contributed by atoms with Gasteiger partial charge in [-0.1, -0.05) is 19.1 Å². The van der Waals surface area contributed by atoms with Crippen LogP contribution in [0.5, 0.6) is 0 Å². The van der Waals surface area contributed by atoms with E-state index in [4.69, 9.17) is 5.73 Å². The Balaban J connectivity index is 1.97. The Morgan fingerprint density at radius 1 is 1.35 bits per heavy atom. The van der Waals surface area contributed by atoms with E-state index in [0.717, 1.165) is 24.2 Å². The summed E-state index contributed by atoms with van der Waals surface area (Å²) >= 11 is 0. The molecule has 0 bridgehead atoms. The predicted octanol–water partition coefficient (Wildman–Crippen LogP) is 1.85. The molecule has 110 valence electrons. The van der Waals surface area contributed by atoms with Crippen LogP contribution in [0.3, 0.4) is 0 Å². The van der Waals surface area contributed by atoms with Gasteiger partial charge < -0.3 is 16.0 Å². The molecule has 3 unspecified atom stereocenters. The number of nitrogens with two attached hydrogens (primary N) is 1. The van der Waals surface area contributed by atoms with Crippen molar-refractivity contribution < 1.29 is 4.79 Å². The lowest BCUT2D eigenvalue weighted by atomic mass is 9.89. The standard InChI is InChI=1S/C16H25N3O/c1-11-10-19(3)12(2)8-15(11)18-14-6-4-13(5-7-14)9-16(17)20/h4-7,11-12,15,18H,8-10H2,1-3H3,(H2,17,20). The molecule has 3 atom stereocenters. The van der Waals surface area contributed by atoms with Gasteiger partial charge in [-0.2, -0.15) is 0 Å². The number of nitrogens with zero attached hydrogens (tertiary/aromatic N) is 1. The van der Waals surface area contributed by atoms with Gasteiger partial charge in [0.1, 0.15) is 0 Å². The first kappa shape index (κ1) is 14.9. The van der Waals surface area contributed by atoms with Crippen LogP contribution in [0, 0.1) is 5.92 Å². The van der Waals surface area contributed by atoms with Crippen LogP contribution in [-0.2, 0) is 11.2 Å². The van der Waals surface area contributed by atoms with Gasteiger partial charge in [-0.3, -0.25) is 4.79 Å². The fourth-order valence-electron chi connectivity index (χ4n) is 2.88. The molecule has 1 aliphatic rings. The predicted molar refractivity (Wildman–Crippen MR) is 82.6 cm³/mol. The van der Waals surface area contributed by atoms with Crippen molar-refractivity contribution >= 4 is 11.6 Å². The SMILES string of the molecule is CC1CN(C)C(C)CC1Nc1ccc(CC(N)=O)cc1. The van der Waals surface area contributed by atoms with E-state index in [2.05, 4.69) is 31.1 Å². The molecule has 1 fully saturated rings. The molecule has 2 rings (SSSR count). The number of nitrogens with one attached hydrogen (secondary N) is 1. The normalized spacial score (nSPS) is 27.2. The van der Waals surface area contributed by atoms with Crippen LogP contribution in [0.25, 0.3) is 0 Å². The fourth-order valence-corrected chi connectivity index (χ4v) is 2.88. The fraction of sp³-hybridized carbons (Fsp3) is 0.562. The summed E-state index contributed by atoms with van der Waals surface area (Å²) in [6, 6.07) is 9.12. The van der Waals surface area contributed by atoms with E-state index in [-0.39, 0.29) is 5.91 Å². The summed E-state index contributed by atoms with van der Waals surface area (Å²) in [5, 5.41) is 3.62. The summed E-state index contributed by atoms with van der Waals surface area (Å²) in [6.45, 7) is 5.69. The minimum absolute atomic E-state index is 0.288. The number of likely N-dealkylation sites (tertiary alicyclic amines) is 1. The molecule has 0 aromatic heterocycles. The van der Waals surface area contributed by atoms with Gasteiger partial charge in [-0.15, -0.1) is 0 Å². The Labute approximate surface area is 121 Å². The van der Waals surface area contributed by atoms with Crippen molar-refractivity contribution in [3.8, 4) is 0 Å². The summed E-state index contributed by atoms with van der Waals surface area (Å²) < 4.78 is 0. The molecule has 1 amide bonds. The monoisotopic (exact) mass is 275 g/mol. The van der Waals surface area contributed by atoms with E-state index >= 15 is 0 Å². The van der Waals surface area contributed by atoms with Crippen LogP contribution in [0.2, 0.25) is 0 Å². The third-order valence-corrected chi connectivity index (χ3v) is 4.29. The highest BCUT2D eigenvalue weighted by Gasteiger charge is 2.28. The lowest BCUT2D eigenvalue weighted by molar-refractivity contribution is -0.117. The molecule has 3 N–H and O–H groups in total. The highest BCUT2D eigenvalue weighted by Crippen LogP contribution is 2.24. The first-order chi connectivity index (χ1) is 9.45. The van der Waals surface area contributed by atoms with E-state index < -0.39 is 0 Å². The summed E-state index contributed by atoms with van der Waals surface area (Å²) in [5.41, 5.74) is 7.28. The van der Waals surface area contributed by atoms with E-state index in [1.165, 1.54) is 0 Å². The van der Waals surface area contributed by atoms with Crippen LogP contribution < -0.4 is 11.1 Å². The molecule has 0 radical (unpaired) electrons. The lowest BCUT2D eigenvalue weighted by Crippen LogP contribution is -2.48. The van der Waals surface area contributed by atoms with Gasteiger partial charge in [0, 0.05) is 24.3 Å². The van der Waals surface area contributed by atoms with Crippen molar-refractivity contribution in [2.24, 2.45) is 11.7 Å². The van der Waals surface area contributed by atoms with Crippen molar-refractivity contribution in [1.82, 2.24) is 4.90 Å². The van der Waals surface area contributed by atoms with Gasteiger partial charge in [0.15, 0.2) is 0 Å². The number of carbonyl (C=O) groups excluding carboxylic acids is 1.